The fraction of sp³-hybridized carbons (Fsp3) is 1.00. The number of hydrogen-bond acceptors (Lipinski definition) is 9. The topological polar surface area (TPSA) is 83.1 Å². The maximum absolute atomic E-state index is 7.25. The van der Waals surface area contributed by atoms with Crippen LogP contribution in [-0.4, -0.2) is 97.3 Å². The highest BCUT2D eigenvalue weighted by atomic mass is 28.5. The standard InChI is InChI=1S/C30H70O9Si4/c1-27(2,3)33-19-23-40(15,31-13)37-42(17,25-21-35-29(7,8)9)39-43(18,26-22-36-30(10,11)12)38-41(16,32-14)24-20-34-28(4,5)6/h19-26H2,1-18H3. The van der Waals surface area contributed by atoms with Gasteiger partial charge in [-0.25, -0.2) is 0 Å². The molecule has 0 aromatic carbocycles. The maximum atomic E-state index is 7.25. The molecule has 0 bridgehead atoms. The van der Waals surface area contributed by atoms with Gasteiger partial charge in [-0.15, -0.1) is 0 Å². The average molecular weight is 687 g/mol. The van der Waals surface area contributed by atoms with Gasteiger partial charge < -0.3 is 40.1 Å². The Morgan fingerprint density at radius 1 is 0.349 bits per heavy atom. The summed E-state index contributed by atoms with van der Waals surface area (Å²) in [4.78, 5) is 0. The number of hydrogen-bond donors (Lipinski definition) is 0. The zero-order valence-corrected chi connectivity index (χ0v) is 35.3. The van der Waals surface area contributed by atoms with Crippen LogP contribution in [0.15, 0.2) is 0 Å². The summed E-state index contributed by atoms with van der Waals surface area (Å²) in [5.41, 5.74) is -1.02. The smallest absolute Gasteiger partial charge is 0.328 e. The van der Waals surface area contributed by atoms with Gasteiger partial charge in [0.1, 0.15) is 0 Å². The van der Waals surface area contributed by atoms with E-state index >= 15 is 0 Å². The first-order valence-electron chi connectivity index (χ1n) is 15.8. The van der Waals surface area contributed by atoms with Crippen molar-refractivity contribution in [1.82, 2.24) is 0 Å². The third-order valence-electron chi connectivity index (χ3n) is 6.52. The molecular weight excluding hydrogens is 617 g/mol. The van der Waals surface area contributed by atoms with Crippen molar-refractivity contribution in [3.8, 4) is 0 Å². The van der Waals surface area contributed by atoms with E-state index in [4.69, 9.17) is 40.1 Å². The van der Waals surface area contributed by atoms with E-state index in [0.29, 0.717) is 50.6 Å². The van der Waals surface area contributed by atoms with Crippen molar-refractivity contribution < 1.29 is 40.1 Å². The van der Waals surface area contributed by atoms with E-state index in [1.807, 2.05) is 0 Å². The second-order valence-corrected chi connectivity index (χ2v) is 30.4. The van der Waals surface area contributed by atoms with Gasteiger partial charge in [-0.2, -0.15) is 0 Å². The maximum Gasteiger partial charge on any atom is 0.328 e. The summed E-state index contributed by atoms with van der Waals surface area (Å²) in [5, 5.41) is 0. The van der Waals surface area contributed by atoms with Gasteiger partial charge >= 0.3 is 34.2 Å². The molecule has 0 heterocycles. The van der Waals surface area contributed by atoms with Crippen molar-refractivity contribution in [2.75, 3.05) is 40.6 Å². The monoisotopic (exact) mass is 686 g/mol. The molecule has 260 valence electrons. The normalized spacial score (nSPS) is 19.4. The second kappa shape index (κ2) is 17.1. The molecule has 0 saturated carbocycles. The quantitative estimate of drug-likeness (QED) is 0.119. The lowest BCUT2D eigenvalue weighted by molar-refractivity contribution is 0.000837. The van der Waals surface area contributed by atoms with Crippen LogP contribution in [0.5, 0.6) is 0 Å². The van der Waals surface area contributed by atoms with Crippen molar-refractivity contribution >= 4 is 34.2 Å². The average Bonchev–Trinajstić information content (AvgIpc) is 2.74. The van der Waals surface area contributed by atoms with E-state index in [1.165, 1.54) is 0 Å². The van der Waals surface area contributed by atoms with Crippen LogP contribution in [0.4, 0.5) is 0 Å². The van der Waals surface area contributed by atoms with Crippen LogP contribution in [0.1, 0.15) is 83.1 Å². The molecule has 9 nitrogen and oxygen atoms in total. The summed E-state index contributed by atoms with van der Waals surface area (Å²) in [6, 6.07) is 2.66. The van der Waals surface area contributed by atoms with Crippen LogP contribution in [0.25, 0.3) is 0 Å². The lowest BCUT2D eigenvalue weighted by Gasteiger charge is -2.44. The summed E-state index contributed by atoms with van der Waals surface area (Å²) in [6.07, 6.45) is 0. The zero-order chi connectivity index (χ0) is 34.0. The molecule has 13 heteroatoms. The molecule has 0 rings (SSSR count). The van der Waals surface area contributed by atoms with Crippen molar-refractivity contribution in [3.05, 3.63) is 0 Å². The highest BCUT2D eigenvalue weighted by Crippen LogP contribution is 2.32. The van der Waals surface area contributed by atoms with Crippen molar-refractivity contribution in [2.24, 2.45) is 0 Å². The Bertz CT molecular complexity index is 730. The van der Waals surface area contributed by atoms with Gasteiger partial charge in [-0.3, -0.25) is 0 Å². The Labute approximate surface area is 270 Å². The first-order valence-corrected chi connectivity index (χ1v) is 25.9. The number of rotatable bonds is 20. The largest absolute Gasteiger partial charge is 0.415 e. The minimum Gasteiger partial charge on any atom is -0.415 e. The summed E-state index contributed by atoms with van der Waals surface area (Å²) in [7, 11) is -7.74. The lowest BCUT2D eigenvalue weighted by atomic mass is 10.2. The lowest BCUT2D eigenvalue weighted by Crippen LogP contribution is -2.61. The minimum absolute atomic E-state index is 0.237. The molecule has 0 aliphatic rings. The van der Waals surface area contributed by atoms with Crippen LogP contribution in [0.2, 0.25) is 50.4 Å². The van der Waals surface area contributed by atoms with E-state index < -0.39 is 34.2 Å². The fourth-order valence-corrected chi connectivity index (χ4v) is 21.6. The molecule has 0 N–H and O–H groups in total. The highest BCUT2D eigenvalue weighted by Gasteiger charge is 2.51. The molecule has 4 atom stereocenters. The molecule has 4 unspecified atom stereocenters. The molecule has 0 fully saturated rings. The fourth-order valence-electron chi connectivity index (χ4n) is 4.18. The van der Waals surface area contributed by atoms with Crippen molar-refractivity contribution in [3.63, 3.8) is 0 Å². The number of ether oxygens (including phenoxy) is 4. The SMILES string of the molecule is CO[Si](C)(CCOC(C)(C)C)O[Si](C)(CCOC(C)(C)C)O[Si](C)(CCOC(C)(C)C)O[Si](C)(CCOC(C)(C)C)OC. The molecule has 43 heavy (non-hydrogen) atoms. The Balaban J connectivity index is 6.34. The molecule has 0 aliphatic heterocycles. The Morgan fingerprint density at radius 3 is 0.721 bits per heavy atom. The molecule has 0 saturated heterocycles. The van der Waals surface area contributed by atoms with E-state index in [-0.39, 0.29) is 22.4 Å². The molecule has 0 spiro atoms. The van der Waals surface area contributed by atoms with Gasteiger partial charge in [0.2, 0.25) is 0 Å². The van der Waals surface area contributed by atoms with Crippen molar-refractivity contribution in [1.29, 1.82) is 0 Å². The van der Waals surface area contributed by atoms with Gasteiger partial charge in [0.15, 0.2) is 0 Å². The van der Waals surface area contributed by atoms with Crippen LogP contribution in [0.3, 0.4) is 0 Å². The van der Waals surface area contributed by atoms with E-state index in [2.05, 4.69) is 109 Å². The van der Waals surface area contributed by atoms with Gasteiger partial charge in [0.05, 0.1) is 22.4 Å². The van der Waals surface area contributed by atoms with Gasteiger partial charge in [0.25, 0.3) is 0 Å². The van der Waals surface area contributed by atoms with Crippen LogP contribution in [0, 0.1) is 0 Å². The molecule has 0 aliphatic carbocycles. The first kappa shape index (κ1) is 43.5. The second-order valence-electron chi connectivity index (χ2n) is 16.1. The van der Waals surface area contributed by atoms with E-state index in [1.54, 1.807) is 14.2 Å². The molecule has 0 radical (unpaired) electrons. The van der Waals surface area contributed by atoms with Gasteiger partial charge in [0, 0.05) is 64.8 Å². The van der Waals surface area contributed by atoms with Crippen LogP contribution >= 0.6 is 0 Å². The van der Waals surface area contributed by atoms with Crippen LogP contribution in [-0.2, 0) is 40.1 Å². The third kappa shape index (κ3) is 21.8. The Hall–Kier alpha value is 0.508. The molecule has 0 aromatic rings. The predicted molar refractivity (Wildman–Crippen MR) is 186 cm³/mol. The van der Waals surface area contributed by atoms with Crippen LogP contribution < -0.4 is 0 Å². The molecular formula is C30H70O9Si4. The van der Waals surface area contributed by atoms with Gasteiger partial charge in [-0.1, -0.05) is 0 Å². The first-order chi connectivity index (χ1) is 19.1. The van der Waals surface area contributed by atoms with E-state index in [0.717, 1.165) is 0 Å². The predicted octanol–water partition coefficient (Wildman–Crippen LogP) is 7.88. The summed E-state index contributed by atoms with van der Waals surface area (Å²) in [6.45, 7) is 35.3. The third-order valence-corrected chi connectivity index (χ3v) is 23.1. The highest BCUT2D eigenvalue weighted by molar-refractivity contribution is 6.88. The zero-order valence-electron chi connectivity index (χ0n) is 31.3. The summed E-state index contributed by atoms with van der Waals surface area (Å²) >= 11 is 0. The van der Waals surface area contributed by atoms with Crippen molar-refractivity contribution in [2.45, 2.75) is 156 Å². The minimum atomic E-state index is -2.93. The Kier molecular flexibility index (Phi) is 17.3. The summed E-state index contributed by atoms with van der Waals surface area (Å²) in [5.74, 6) is 0. The van der Waals surface area contributed by atoms with Gasteiger partial charge in [-0.05, 0) is 109 Å². The Morgan fingerprint density at radius 2 is 0.535 bits per heavy atom. The van der Waals surface area contributed by atoms with E-state index in [9.17, 15) is 0 Å². The molecule has 0 aromatic heterocycles. The summed E-state index contributed by atoms with van der Waals surface area (Å²) < 4.78 is 58.1. The molecule has 0 amide bonds.